The number of fused-ring (bicyclic) bond motifs is 1. The summed E-state index contributed by atoms with van der Waals surface area (Å²) in [6, 6.07) is 15.3. The van der Waals surface area contributed by atoms with E-state index in [1.807, 2.05) is 41.2 Å². The molecule has 42 heavy (non-hydrogen) atoms. The van der Waals surface area contributed by atoms with Crippen LogP contribution in [0.2, 0.25) is 10.0 Å². The molecule has 1 atom stereocenters. The Balaban J connectivity index is 1.46. The van der Waals surface area contributed by atoms with E-state index in [1.54, 1.807) is 30.6 Å². The van der Waals surface area contributed by atoms with Crippen molar-refractivity contribution < 1.29 is 1.37 Å². The van der Waals surface area contributed by atoms with E-state index in [0.717, 1.165) is 18.4 Å². The Kier molecular flexibility index (Phi) is 6.93. The summed E-state index contributed by atoms with van der Waals surface area (Å²) in [4.78, 5) is 8.76. The van der Waals surface area contributed by atoms with Crippen molar-refractivity contribution in [1.29, 1.82) is 5.26 Å². The molecule has 3 aromatic heterocycles. The molecule has 1 aliphatic rings. The molecule has 10 heteroatoms. The molecule has 1 fully saturated rings. The van der Waals surface area contributed by atoms with E-state index in [9.17, 15) is 6.63 Å². The number of benzene rings is 2. The third kappa shape index (κ3) is 5.38. The van der Waals surface area contributed by atoms with Crippen LogP contribution in [-0.4, -0.2) is 31.5 Å². The van der Waals surface area contributed by atoms with E-state index in [1.165, 1.54) is 6.20 Å². The van der Waals surface area contributed by atoms with Gasteiger partial charge in [0.1, 0.15) is 11.8 Å². The highest BCUT2D eigenvalue weighted by Crippen LogP contribution is 2.49. The average Bonchev–Trinajstić information content (AvgIpc) is 3.64. The normalized spacial score (nSPS) is 15.9. The molecule has 1 saturated carbocycles. The van der Waals surface area contributed by atoms with E-state index in [-0.39, 0.29) is 11.0 Å². The number of hydrogen-bond acceptors (Lipinski definition) is 7. The van der Waals surface area contributed by atoms with Gasteiger partial charge in [-0.05, 0) is 53.6 Å². The molecular weight excluding hydrogens is 567 g/mol. The lowest BCUT2D eigenvalue weighted by atomic mass is 9.96. The average molecular weight is 599 g/mol. The van der Waals surface area contributed by atoms with Crippen LogP contribution in [0.3, 0.4) is 0 Å². The Bertz CT molecular complexity index is 1860. The molecule has 6 rings (SSSR count). The number of hydrogen-bond donors (Lipinski definition) is 2. The minimum atomic E-state index is -1.64. The standard InChI is InChI=1S/C32H30Cl2N8/c1-31(2,3)19-38-28-20(15-35)16-37-29-24(28)13-22(14-26(29)34)39-30(23-8-4-5-9-25(23)33)27-18-42(41-40-27)32(10-11-32)21-7-6-12-36-17-21/h4-9,12-14,16-18,30,39H,10-11,19H2,1-3H3,(H,37,38)/i30D. The Morgan fingerprint density at radius 2 is 1.93 bits per heavy atom. The van der Waals surface area contributed by atoms with Crippen LogP contribution in [0.1, 0.15) is 63.4 Å². The van der Waals surface area contributed by atoms with Gasteiger partial charge in [0.15, 0.2) is 0 Å². The van der Waals surface area contributed by atoms with Gasteiger partial charge in [-0.1, -0.05) is 73.5 Å². The second-order valence-corrected chi connectivity index (χ2v) is 12.5. The maximum absolute atomic E-state index is 9.87. The van der Waals surface area contributed by atoms with Crippen molar-refractivity contribution in [3.63, 3.8) is 0 Å². The summed E-state index contributed by atoms with van der Waals surface area (Å²) in [6.45, 7) is 6.96. The maximum Gasteiger partial charge on any atom is 0.110 e. The number of nitrogens with one attached hydrogen (secondary N) is 2. The highest BCUT2D eigenvalue weighted by molar-refractivity contribution is 6.36. The Morgan fingerprint density at radius 1 is 1.12 bits per heavy atom. The lowest BCUT2D eigenvalue weighted by molar-refractivity contribution is 0.443. The number of aromatic nitrogens is 5. The minimum absolute atomic E-state index is 0.0388. The van der Waals surface area contributed by atoms with E-state index >= 15 is 0 Å². The molecule has 5 aromatic rings. The third-order valence-corrected chi connectivity index (χ3v) is 7.98. The van der Waals surface area contributed by atoms with Gasteiger partial charge in [0.05, 0.1) is 40.9 Å². The van der Waals surface area contributed by atoms with Crippen molar-refractivity contribution in [1.82, 2.24) is 25.0 Å². The highest BCUT2D eigenvalue weighted by Gasteiger charge is 2.48. The third-order valence-electron chi connectivity index (χ3n) is 7.36. The lowest BCUT2D eigenvalue weighted by Gasteiger charge is -2.23. The number of pyridine rings is 2. The molecule has 3 heterocycles. The SMILES string of the molecule is [2H]C(Nc1cc(Cl)c2ncc(C#N)c(NCC(C)(C)C)c2c1)(c1cn(C2(c3cccnc3)CC2)nn1)c1ccccc1Cl. The Morgan fingerprint density at radius 3 is 2.62 bits per heavy atom. The second-order valence-electron chi connectivity index (χ2n) is 11.7. The topological polar surface area (TPSA) is 104 Å². The quantitative estimate of drug-likeness (QED) is 0.190. The number of halogens is 2. The fraction of sp³-hybridized carbons (Fsp3) is 0.281. The van der Waals surface area contributed by atoms with Gasteiger partial charge < -0.3 is 10.6 Å². The van der Waals surface area contributed by atoms with Crippen molar-refractivity contribution in [3.05, 3.63) is 106 Å². The summed E-state index contributed by atoms with van der Waals surface area (Å²) in [5.41, 5.74) is 3.65. The summed E-state index contributed by atoms with van der Waals surface area (Å²) >= 11 is 13.5. The summed E-state index contributed by atoms with van der Waals surface area (Å²) < 4.78 is 11.7. The molecule has 1 unspecified atom stereocenters. The Hall–Kier alpha value is -4.19. The molecule has 0 amide bonds. The zero-order chi connectivity index (χ0) is 30.4. The van der Waals surface area contributed by atoms with Crippen LogP contribution < -0.4 is 10.6 Å². The summed E-state index contributed by atoms with van der Waals surface area (Å²) in [5.74, 6) is 0. The van der Waals surface area contributed by atoms with E-state index < -0.39 is 6.02 Å². The van der Waals surface area contributed by atoms with E-state index in [2.05, 4.69) is 57.8 Å². The molecule has 1 aliphatic carbocycles. The van der Waals surface area contributed by atoms with Gasteiger partial charge >= 0.3 is 0 Å². The first-order valence-electron chi connectivity index (χ1n) is 14.2. The van der Waals surface area contributed by atoms with Crippen LogP contribution in [-0.2, 0) is 5.54 Å². The summed E-state index contributed by atoms with van der Waals surface area (Å²) in [5, 5.41) is 27.1. The molecule has 0 aliphatic heterocycles. The highest BCUT2D eigenvalue weighted by atomic mass is 35.5. The molecule has 0 bridgehead atoms. The monoisotopic (exact) mass is 597 g/mol. The van der Waals surface area contributed by atoms with Crippen molar-refractivity contribution in [2.24, 2.45) is 5.41 Å². The fourth-order valence-corrected chi connectivity index (χ4v) is 5.53. The molecule has 0 saturated heterocycles. The largest absolute Gasteiger partial charge is 0.383 e. The first-order chi connectivity index (χ1) is 20.5. The zero-order valence-corrected chi connectivity index (χ0v) is 25.0. The van der Waals surface area contributed by atoms with Crippen LogP contribution in [0.5, 0.6) is 0 Å². The second kappa shape index (κ2) is 10.9. The number of rotatable bonds is 8. The Labute approximate surface area is 256 Å². The minimum Gasteiger partial charge on any atom is -0.383 e. The van der Waals surface area contributed by atoms with Crippen LogP contribution in [0, 0.1) is 16.7 Å². The van der Waals surface area contributed by atoms with Crippen molar-refractivity contribution >= 4 is 45.5 Å². The lowest BCUT2D eigenvalue weighted by Crippen LogP contribution is -2.20. The molecule has 0 radical (unpaired) electrons. The van der Waals surface area contributed by atoms with Gasteiger partial charge in [-0.3, -0.25) is 9.97 Å². The van der Waals surface area contributed by atoms with Crippen LogP contribution in [0.25, 0.3) is 10.9 Å². The van der Waals surface area contributed by atoms with E-state index in [4.69, 9.17) is 23.2 Å². The van der Waals surface area contributed by atoms with Crippen molar-refractivity contribution in [2.45, 2.75) is 45.2 Å². The van der Waals surface area contributed by atoms with Crippen LogP contribution in [0.4, 0.5) is 11.4 Å². The number of nitriles is 1. The first kappa shape index (κ1) is 26.7. The molecule has 0 spiro atoms. The van der Waals surface area contributed by atoms with Crippen molar-refractivity contribution in [2.75, 3.05) is 17.2 Å². The fourth-order valence-electron chi connectivity index (χ4n) is 5.03. The van der Waals surface area contributed by atoms with Crippen LogP contribution in [0.15, 0.2) is 73.3 Å². The maximum atomic E-state index is 9.87. The van der Waals surface area contributed by atoms with Gasteiger partial charge in [0, 0.05) is 41.2 Å². The molecule has 8 nitrogen and oxygen atoms in total. The van der Waals surface area contributed by atoms with Crippen molar-refractivity contribution in [3.8, 4) is 6.07 Å². The number of nitrogens with zero attached hydrogens (tertiary/aromatic N) is 6. The summed E-state index contributed by atoms with van der Waals surface area (Å²) in [7, 11) is 0. The first-order valence-corrected chi connectivity index (χ1v) is 14.4. The predicted molar refractivity (Wildman–Crippen MR) is 167 cm³/mol. The molecular formula is C32H30Cl2N8. The van der Waals surface area contributed by atoms with E-state index in [0.29, 0.717) is 55.7 Å². The van der Waals surface area contributed by atoms with Gasteiger partial charge in [-0.25, -0.2) is 4.68 Å². The molecule has 212 valence electrons. The number of anilines is 2. The van der Waals surface area contributed by atoms with Gasteiger partial charge in [0.2, 0.25) is 0 Å². The van der Waals surface area contributed by atoms with Gasteiger partial charge in [-0.15, -0.1) is 5.10 Å². The predicted octanol–water partition coefficient (Wildman–Crippen LogP) is 7.60. The molecule has 2 aromatic carbocycles. The zero-order valence-electron chi connectivity index (χ0n) is 24.5. The summed E-state index contributed by atoms with van der Waals surface area (Å²) in [6.07, 6.45) is 8.71. The molecule has 2 N–H and O–H groups in total. The van der Waals surface area contributed by atoms with Crippen LogP contribution >= 0.6 is 23.2 Å². The smallest absolute Gasteiger partial charge is 0.110 e. The van der Waals surface area contributed by atoms with Gasteiger partial charge in [0.25, 0.3) is 0 Å². The van der Waals surface area contributed by atoms with Gasteiger partial charge in [-0.2, -0.15) is 5.26 Å².